The molecule has 1 heterocycles. The van der Waals surface area contributed by atoms with Gasteiger partial charge in [-0.1, -0.05) is 89.0 Å². The van der Waals surface area contributed by atoms with Gasteiger partial charge in [0.05, 0.1) is 15.6 Å². The molecule has 0 N–H and O–H groups in total. The number of halogens is 3. The first-order valence-electron chi connectivity index (χ1n) is 9.60. The van der Waals surface area contributed by atoms with Crippen LogP contribution in [0.1, 0.15) is 15.9 Å². The lowest BCUT2D eigenvalue weighted by atomic mass is 10.1. The highest BCUT2D eigenvalue weighted by Gasteiger charge is 2.22. The van der Waals surface area contributed by atoms with Crippen molar-refractivity contribution in [2.24, 2.45) is 7.05 Å². The highest BCUT2D eigenvalue weighted by molar-refractivity contribution is 7.99. The molecule has 0 bridgehead atoms. The first kappa shape index (κ1) is 22.7. The monoisotopic (exact) mass is 502 g/mol. The number of carbonyl (C=O) groups is 1. The third-order valence-electron chi connectivity index (χ3n) is 4.68. The second-order valence-electron chi connectivity index (χ2n) is 6.85. The number of hydrogen-bond acceptors (Lipinski definition) is 4. The van der Waals surface area contributed by atoms with Gasteiger partial charge in [-0.05, 0) is 30.3 Å². The summed E-state index contributed by atoms with van der Waals surface area (Å²) in [7, 11) is 1.85. The van der Waals surface area contributed by atoms with Crippen molar-refractivity contribution in [3.63, 3.8) is 0 Å². The quantitative estimate of drug-likeness (QED) is 0.255. The molecule has 0 aliphatic carbocycles. The Hall–Kier alpha value is -2.44. The van der Waals surface area contributed by atoms with Gasteiger partial charge in [-0.25, -0.2) is 4.79 Å². The molecule has 1 aromatic heterocycles. The number of carbonyl (C=O) groups excluding carboxylic acids is 1. The maximum absolute atomic E-state index is 12.7. The number of nitrogens with zero attached hydrogens (tertiary/aromatic N) is 2. The highest BCUT2D eigenvalue weighted by atomic mass is 35.5. The van der Waals surface area contributed by atoms with Gasteiger partial charge < -0.3 is 4.74 Å². The SMILES string of the molecule is Cn1nc(-c2ccccc2)c(COC(=O)c2ccc(Cl)cc2Cl)c1Sc1ccccc1Cl. The fourth-order valence-electron chi connectivity index (χ4n) is 3.14. The molecule has 0 amide bonds. The number of ether oxygens (including phenoxy) is 1. The molecular weight excluding hydrogens is 487 g/mol. The predicted octanol–water partition coefficient (Wildman–Crippen LogP) is 7.56. The average Bonchev–Trinajstić information content (AvgIpc) is 3.09. The zero-order valence-electron chi connectivity index (χ0n) is 16.9. The zero-order valence-corrected chi connectivity index (χ0v) is 20.0. The molecule has 0 aliphatic rings. The summed E-state index contributed by atoms with van der Waals surface area (Å²) in [5, 5.41) is 6.85. The second-order valence-corrected chi connectivity index (χ2v) is 9.14. The van der Waals surface area contributed by atoms with Gasteiger partial charge in [0, 0.05) is 28.1 Å². The van der Waals surface area contributed by atoms with Gasteiger partial charge in [0.1, 0.15) is 17.3 Å². The Balaban J connectivity index is 1.69. The lowest BCUT2D eigenvalue weighted by Crippen LogP contribution is -2.07. The third-order valence-corrected chi connectivity index (χ3v) is 6.95. The van der Waals surface area contributed by atoms with E-state index in [9.17, 15) is 4.79 Å². The fourth-order valence-corrected chi connectivity index (χ4v) is 4.85. The van der Waals surface area contributed by atoms with Gasteiger partial charge in [-0.15, -0.1) is 0 Å². The molecular formula is C24H17Cl3N2O2S. The first-order valence-corrected chi connectivity index (χ1v) is 11.5. The number of hydrogen-bond donors (Lipinski definition) is 0. The maximum Gasteiger partial charge on any atom is 0.339 e. The Morgan fingerprint density at radius 3 is 2.41 bits per heavy atom. The maximum atomic E-state index is 12.7. The number of aryl methyl sites for hydroxylation is 1. The topological polar surface area (TPSA) is 44.1 Å². The Morgan fingerprint density at radius 2 is 1.69 bits per heavy atom. The summed E-state index contributed by atoms with van der Waals surface area (Å²) >= 11 is 20.0. The van der Waals surface area contributed by atoms with Crippen molar-refractivity contribution < 1.29 is 9.53 Å². The van der Waals surface area contributed by atoms with Crippen LogP contribution in [0.25, 0.3) is 11.3 Å². The minimum absolute atomic E-state index is 0.0165. The van der Waals surface area contributed by atoms with E-state index in [2.05, 4.69) is 0 Å². The number of rotatable bonds is 6. The largest absolute Gasteiger partial charge is 0.457 e. The average molecular weight is 504 g/mol. The molecule has 0 saturated heterocycles. The number of esters is 1. The van der Waals surface area contributed by atoms with E-state index in [0.29, 0.717) is 10.0 Å². The van der Waals surface area contributed by atoms with E-state index in [4.69, 9.17) is 44.6 Å². The molecule has 0 aliphatic heterocycles. The van der Waals surface area contributed by atoms with Gasteiger partial charge in [-0.2, -0.15) is 5.10 Å². The van der Waals surface area contributed by atoms with Crippen molar-refractivity contribution in [2.75, 3.05) is 0 Å². The molecule has 4 aromatic rings. The lowest BCUT2D eigenvalue weighted by Gasteiger charge is -2.10. The number of aromatic nitrogens is 2. The van der Waals surface area contributed by atoms with Crippen molar-refractivity contribution in [1.82, 2.24) is 9.78 Å². The molecule has 0 unspecified atom stereocenters. The van der Waals surface area contributed by atoms with Crippen LogP contribution in [-0.4, -0.2) is 15.7 Å². The minimum Gasteiger partial charge on any atom is -0.457 e. The molecule has 0 fully saturated rings. The van der Waals surface area contributed by atoms with E-state index >= 15 is 0 Å². The van der Waals surface area contributed by atoms with E-state index in [1.807, 2.05) is 61.6 Å². The summed E-state index contributed by atoms with van der Waals surface area (Å²) in [5.41, 5.74) is 2.69. The molecule has 3 aromatic carbocycles. The summed E-state index contributed by atoms with van der Waals surface area (Å²) in [4.78, 5) is 13.6. The second kappa shape index (κ2) is 10.0. The molecule has 0 atom stereocenters. The van der Waals surface area contributed by atoms with Crippen LogP contribution in [0.5, 0.6) is 0 Å². The Kier molecular flexibility index (Phi) is 7.11. The summed E-state index contributed by atoms with van der Waals surface area (Å²) in [6.45, 7) is 0.0165. The van der Waals surface area contributed by atoms with Crippen LogP contribution in [0.3, 0.4) is 0 Å². The molecule has 0 saturated carbocycles. The molecule has 4 rings (SSSR count). The van der Waals surface area contributed by atoms with E-state index in [-0.39, 0.29) is 17.2 Å². The summed E-state index contributed by atoms with van der Waals surface area (Å²) < 4.78 is 7.43. The third kappa shape index (κ3) is 4.97. The van der Waals surface area contributed by atoms with Crippen LogP contribution >= 0.6 is 46.6 Å². The van der Waals surface area contributed by atoms with Crippen molar-refractivity contribution in [1.29, 1.82) is 0 Å². The van der Waals surface area contributed by atoms with Gasteiger partial charge in [-0.3, -0.25) is 4.68 Å². The Labute approximate surface area is 205 Å². The molecule has 0 spiro atoms. The molecule has 4 nitrogen and oxygen atoms in total. The van der Waals surface area contributed by atoms with Gasteiger partial charge in [0.25, 0.3) is 0 Å². The van der Waals surface area contributed by atoms with Crippen LogP contribution in [0.4, 0.5) is 0 Å². The van der Waals surface area contributed by atoms with E-state index in [0.717, 1.165) is 26.7 Å². The summed E-state index contributed by atoms with van der Waals surface area (Å²) in [5.74, 6) is -0.539. The van der Waals surface area contributed by atoms with E-state index in [1.54, 1.807) is 16.8 Å². The van der Waals surface area contributed by atoms with Crippen LogP contribution < -0.4 is 0 Å². The zero-order chi connectivity index (χ0) is 22.7. The summed E-state index contributed by atoms with van der Waals surface area (Å²) in [6.07, 6.45) is 0. The Morgan fingerprint density at radius 1 is 0.969 bits per heavy atom. The highest BCUT2D eigenvalue weighted by Crippen LogP contribution is 2.38. The predicted molar refractivity (Wildman–Crippen MR) is 130 cm³/mol. The van der Waals surface area contributed by atoms with E-state index < -0.39 is 5.97 Å². The summed E-state index contributed by atoms with van der Waals surface area (Å²) in [6, 6.07) is 22.0. The smallest absolute Gasteiger partial charge is 0.339 e. The van der Waals surface area contributed by atoms with Gasteiger partial charge >= 0.3 is 5.97 Å². The standard InChI is InChI=1S/C24H17Cl3N2O2S/c1-29-23(32-21-10-6-5-9-19(21)26)18(22(28-29)15-7-3-2-4-8-15)14-31-24(30)17-12-11-16(25)13-20(17)27/h2-13H,14H2,1H3. The van der Waals surface area contributed by atoms with Crippen molar-refractivity contribution in [2.45, 2.75) is 16.5 Å². The number of benzene rings is 3. The van der Waals surface area contributed by atoms with Crippen LogP contribution in [0.2, 0.25) is 15.1 Å². The molecule has 8 heteroatoms. The van der Waals surface area contributed by atoms with Gasteiger partial charge in [0.15, 0.2) is 0 Å². The minimum atomic E-state index is -0.539. The van der Waals surface area contributed by atoms with Crippen LogP contribution in [0, 0.1) is 0 Å². The fraction of sp³-hybridized carbons (Fsp3) is 0.0833. The van der Waals surface area contributed by atoms with E-state index in [1.165, 1.54) is 17.8 Å². The van der Waals surface area contributed by atoms with Crippen molar-refractivity contribution in [3.8, 4) is 11.3 Å². The first-order chi connectivity index (χ1) is 15.4. The van der Waals surface area contributed by atoms with Crippen molar-refractivity contribution in [3.05, 3.63) is 99.0 Å². The van der Waals surface area contributed by atoms with Crippen molar-refractivity contribution >= 4 is 52.5 Å². The molecule has 32 heavy (non-hydrogen) atoms. The van der Waals surface area contributed by atoms with Crippen LogP contribution in [-0.2, 0) is 18.4 Å². The van der Waals surface area contributed by atoms with Gasteiger partial charge in [0.2, 0.25) is 0 Å². The molecule has 162 valence electrons. The normalized spacial score (nSPS) is 10.9. The molecule has 0 radical (unpaired) electrons. The Bertz CT molecular complexity index is 1280. The lowest BCUT2D eigenvalue weighted by molar-refractivity contribution is 0.0470. The van der Waals surface area contributed by atoms with Crippen LogP contribution in [0.15, 0.2) is 82.7 Å².